The zero-order chi connectivity index (χ0) is 12.1. The van der Waals surface area contributed by atoms with Gasteiger partial charge in [-0.15, -0.1) is 0 Å². The van der Waals surface area contributed by atoms with Crippen LogP contribution in [0.1, 0.15) is 20.3 Å². The fourth-order valence-corrected chi connectivity index (χ4v) is 1.59. The lowest BCUT2D eigenvalue weighted by molar-refractivity contribution is -0.385. The smallest absolute Gasteiger partial charge is 0.285 e. The van der Waals surface area contributed by atoms with Gasteiger partial charge in [0.05, 0.1) is 9.40 Å². The Morgan fingerprint density at radius 3 is 2.81 bits per heavy atom. The van der Waals surface area contributed by atoms with E-state index < -0.39 is 4.92 Å². The lowest BCUT2D eigenvalue weighted by Crippen LogP contribution is -2.10. The lowest BCUT2D eigenvalue weighted by Gasteiger charge is -2.11. The number of benzene rings is 1. The Hall–Kier alpha value is -1.10. The van der Waals surface area contributed by atoms with Crippen LogP contribution in [-0.4, -0.2) is 11.5 Å². The van der Waals surface area contributed by atoms with E-state index in [1.165, 1.54) is 0 Å². The van der Waals surface area contributed by atoms with Crippen LogP contribution in [0.15, 0.2) is 22.7 Å². The third-order valence-corrected chi connectivity index (χ3v) is 3.16. The molecule has 0 saturated heterocycles. The molecule has 1 atom stereocenters. The molecule has 4 nitrogen and oxygen atoms in total. The van der Waals surface area contributed by atoms with Gasteiger partial charge >= 0.3 is 0 Å². The van der Waals surface area contributed by atoms with Crippen LogP contribution in [0.2, 0.25) is 0 Å². The average molecular weight is 287 g/mol. The number of nitro groups is 1. The lowest BCUT2D eigenvalue weighted by atomic mass is 10.1. The molecular formula is C11H15BrN2O2. The summed E-state index contributed by atoms with van der Waals surface area (Å²) in [5.74, 6) is 0.558. The van der Waals surface area contributed by atoms with Crippen molar-refractivity contribution in [1.82, 2.24) is 0 Å². The van der Waals surface area contributed by atoms with Gasteiger partial charge in [0.15, 0.2) is 0 Å². The summed E-state index contributed by atoms with van der Waals surface area (Å²) in [6.45, 7) is 5.09. The number of anilines is 1. The summed E-state index contributed by atoms with van der Waals surface area (Å²) in [6, 6.07) is 5.07. The molecule has 88 valence electrons. The van der Waals surface area contributed by atoms with Crippen LogP contribution in [0.25, 0.3) is 0 Å². The van der Waals surface area contributed by atoms with Crippen LogP contribution < -0.4 is 5.32 Å². The van der Waals surface area contributed by atoms with E-state index in [2.05, 4.69) is 35.1 Å². The first kappa shape index (κ1) is 13.0. The maximum Gasteiger partial charge on any atom is 0.285 e. The second-order valence-electron chi connectivity index (χ2n) is 3.82. The molecule has 0 aliphatic heterocycles. The van der Waals surface area contributed by atoms with E-state index in [1.807, 2.05) is 6.07 Å². The first-order valence-electron chi connectivity index (χ1n) is 5.22. The highest BCUT2D eigenvalue weighted by Crippen LogP contribution is 2.27. The largest absolute Gasteiger partial charge is 0.385 e. The van der Waals surface area contributed by atoms with Gasteiger partial charge in [0.1, 0.15) is 0 Å². The number of nitro benzene ring substituents is 1. The van der Waals surface area contributed by atoms with Gasteiger partial charge in [0.25, 0.3) is 5.69 Å². The zero-order valence-electron chi connectivity index (χ0n) is 9.37. The van der Waals surface area contributed by atoms with Crippen molar-refractivity contribution < 1.29 is 4.92 Å². The van der Waals surface area contributed by atoms with Crippen molar-refractivity contribution >= 4 is 27.3 Å². The van der Waals surface area contributed by atoms with Crippen LogP contribution in [0.4, 0.5) is 11.4 Å². The fourth-order valence-electron chi connectivity index (χ4n) is 1.20. The Morgan fingerprint density at radius 1 is 1.56 bits per heavy atom. The summed E-state index contributed by atoms with van der Waals surface area (Å²) < 4.78 is 0.506. The van der Waals surface area contributed by atoms with Crippen molar-refractivity contribution in [2.75, 3.05) is 11.9 Å². The van der Waals surface area contributed by atoms with Crippen LogP contribution in [-0.2, 0) is 0 Å². The maximum atomic E-state index is 10.7. The average Bonchev–Trinajstić information content (AvgIpc) is 2.27. The third-order valence-electron chi connectivity index (χ3n) is 2.49. The van der Waals surface area contributed by atoms with E-state index in [9.17, 15) is 10.1 Å². The Bertz CT molecular complexity index is 382. The number of hydrogen-bond acceptors (Lipinski definition) is 3. The van der Waals surface area contributed by atoms with E-state index in [4.69, 9.17) is 0 Å². The topological polar surface area (TPSA) is 55.2 Å². The van der Waals surface area contributed by atoms with Crippen LogP contribution >= 0.6 is 15.9 Å². The highest BCUT2D eigenvalue weighted by molar-refractivity contribution is 9.10. The monoisotopic (exact) mass is 286 g/mol. The minimum atomic E-state index is -0.390. The maximum absolute atomic E-state index is 10.7. The van der Waals surface area contributed by atoms with Crippen molar-refractivity contribution in [3.05, 3.63) is 32.8 Å². The van der Waals surface area contributed by atoms with Crippen LogP contribution in [0.3, 0.4) is 0 Å². The van der Waals surface area contributed by atoms with Crippen molar-refractivity contribution in [2.45, 2.75) is 20.3 Å². The third kappa shape index (κ3) is 3.48. The molecule has 0 aliphatic carbocycles. The molecule has 1 unspecified atom stereocenters. The predicted octanol–water partition coefficient (Wildman–Crippen LogP) is 3.82. The zero-order valence-corrected chi connectivity index (χ0v) is 11.0. The number of hydrogen-bond donors (Lipinski definition) is 1. The highest BCUT2D eigenvalue weighted by Gasteiger charge is 2.12. The molecule has 1 rings (SSSR count). The molecule has 0 bridgehead atoms. The standard InChI is InChI=1S/C11H15BrN2O2/c1-3-8(2)7-13-9-4-5-10(12)11(6-9)14(15)16/h4-6,8,13H,3,7H2,1-2H3. The SMILES string of the molecule is CCC(C)CNc1ccc(Br)c([N+](=O)[O-])c1. The van der Waals surface area contributed by atoms with Gasteiger partial charge < -0.3 is 5.32 Å². The summed E-state index contributed by atoms with van der Waals surface area (Å²) in [5.41, 5.74) is 0.879. The summed E-state index contributed by atoms with van der Waals surface area (Å²) in [4.78, 5) is 10.3. The Labute approximate surface area is 103 Å². The Balaban J connectivity index is 2.75. The molecule has 0 aliphatic rings. The number of nitrogens with one attached hydrogen (secondary N) is 1. The molecule has 0 heterocycles. The molecule has 1 aromatic rings. The molecule has 0 radical (unpaired) electrons. The minimum absolute atomic E-state index is 0.0918. The molecule has 5 heteroatoms. The number of nitrogens with zero attached hydrogens (tertiary/aromatic N) is 1. The van der Waals surface area contributed by atoms with E-state index in [0.29, 0.717) is 10.4 Å². The molecule has 0 spiro atoms. The van der Waals surface area contributed by atoms with Crippen LogP contribution in [0.5, 0.6) is 0 Å². The normalized spacial score (nSPS) is 12.2. The molecule has 0 aromatic heterocycles. The summed E-state index contributed by atoms with van der Waals surface area (Å²) in [7, 11) is 0. The summed E-state index contributed by atoms with van der Waals surface area (Å²) >= 11 is 3.16. The Morgan fingerprint density at radius 2 is 2.25 bits per heavy atom. The van der Waals surface area contributed by atoms with Crippen molar-refractivity contribution in [3.8, 4) is 0 Å². The number of halogens is 1. The number of rotatable bonds is 5. The highest BCUT2D eigenvalue weighted by atomic mass is 79.9. The fraction of sp³-hybridized carbons (Fsp3) is 0.455. The van der Waals surface area contributed by atoms with Crippen molar-refractivity contribution in [2.24, 2.45) is 5.92 Å². The molecule has 1 N–H and O–H groups in total. The minimum Gasteiger partial charge on any atom is -0.385 e. The van der Waals surface area contributed by atoms with Gasteiger partial charge in [-0.3, -0.25) is 10.1 Å². The first-order chi connectivity index (χ1) is 7.54. The van der Waals surface area contributed by atoms with Gasteiger partial charge in [-0.05, 0) is 34.0 Å². The molecule has 0 amide bonds. The van der Waals surface area contributed by atoms with Crippen molar-refractivity contribution in [1.29, 1.82) is 0 Å². The van der Waals surface area contributed by atoms with E-state index in [1.54, 1.807) is 12.1 Å². The van der Waals surface area contributed by atoms with Gasteiger partial charge in [-0.1, -0.05) is 20.3 Å². The second kappa shape index (κ2) is 5.84. The molecule has 0 fully saturated rings. The summed E-state index contributed by atoms with van der Waals surface area (Å²) in [6.07, 6.45) is 1.09. The predicted molar refractivity (Wildman–Crippen MR) is 68.7 cm³/mol. The van der Waals surface area contributed by atoms with E-state index >= 15 is 0 Å². The molecule has 16 heavy (non-hydrogen) atoms. The van der Waals surface area contributed by atoms with Gasteiger partial charge in [0.2, 0.25) is 0 Å². The van der Waals surface area contributed by atoms with Crippen molar-refractivity contribution in [3.63, 3.8) is 0 Å². The quantitative estimate of drug-likeness (QED) is 0.661. The van der Waals surface area contributed by atoms with E-state index in [-0.39, 0.29) is 5.69 Å². The molecule has 1 aromatic carbocycles. The van der Waals surface area contributed by atoms with Gasteiger partial charge in [0, 0.05) is 18.3 Å². The van der Waals surface area contributed by atoms with E-state index in [0.717, 1.165) is 18.7 Å². The second-order valence-corrected chi connectivity index (χ2v) is 4.67. The molecule has 0 saturated carbocycles. The summed E-state index contributed by atoms with van der Waals surface area (Å²) in [5, 5.41) is 13.9. The van der Waals surface area contributed by atoms with Gasteiger partial charge in [-0.25, -0.2) is 0 Å². The molecular weight excluding hydrogens is 272 g/mol. The Kier molecular flexibility index (Phi) is 4.73. The van der Waals surface area contributed by atoms with Crippen LogP contribution in [0, 0.1) is 16.0 Å². The van der Waals surface area contributed by atoms with Gasteiger partial charge in [-0.2, -0.15) is 0 Å². The first-order valence-corrected chi connectivity index (χ1v) is 6.01.